The van der Waals surface area contributed by atoms with Crippen LogP contribution in [0, 0.1) is 0 Å². The summed E-state index contributed by atoms with van der Waals surface area (Å²) >= 11 is 0. The summed E-state index contributed by atoms with van der Waals surface area (Å²) < 4.78 is 10.8. The fourth-order valence-corrected chi connectivity index (χ4v) is 1.74. The predicted octanol–water partition coefficient (Wildman–Crippen LogP) is 1.37. The van der Waals surface area contributed by atoms with Gasteiger partial charge in [0.05, 0.1) is 0 Å². The highest BCUT2D eigenvalue weighted by Crippen LogP contribution is 2.30. The molecule has 0 bridgehead atoms. The molecule has 68 valence electrons. The van der Waals surface area contributed by atoms with Crippen molar-refractivity contribution >= 4 is 5.90 Å². The van der Waals surface area contributed by atoms with Crippen LogP contribution in [0.4, 0.5) is 0 Å². The van der Waals surface area contributed by atoms with Crippen molar-refractivity contribution in [3.8, 4) is 0 Å². The summed E-state index contributed by atoms with van der Waals surface area (Å²) in [6, 6.07) is 0. The van der Waals surface area contributed by atoms with Gasteiger partial charge < -0.3 is 9.47 Å². The Kier molecular flexibility index (Phi) is 2.05. The van der Waals surface area contributed by atoms with E-state index in [0.717, 1.165) is 45.0 Å². The second-order valence-electron chi connectivity index (χ2n) is 3.48. The fraction of sp³-hybridized carbons (Fsp3) is 0.889. The number of rotatable bonds is 1. The summed E-state index contributed by atoms with van der Waals surface area (Å²) in [6.45, 7) is 4.53. The molecule has 2 heterocycles. The molecule has 3 nitrogen and oxygen atoms in total. The molecule has 0 radical (unpaired) electrons. The van der Waals surface area contributed by atoms with Gasteiger partial charge in [-0.1, -0.05) is 6.92 Å². The Morgan fingerprint density at radius 2 is 2.17 bits per heavy atom. The molecule has 0 N–H and O–H groups in total. The van der Waals surface area contributed by atoms with Crippen LogP contribution in [-0.4, -0.2) is 31.3 Å². The SMILES string of the molecule is CCC1=NC2(CCOCC2)CO1. The molecule has 0 saturated carbocycles. The molecule has 2 aliphatic rings. The van der Waals surface area contributed by atoms with Gasteiger partial charge in [-0.05, 0) is 12.8 Å². The Hall–Kier alpha value is -0.570. The molecule has 0 aromatic heterocycles. The van der Waals surface area contributed by atoms with Crippen LogP contribution in [0.2, 0.25) is 0 Å². The first-order valence-corrected chi connectivity index (χ1v) is 4.64. The minimum absolute atomic E-state index is 0.0869. The van der Waals surface area contributed by atoms with Crippen molar-refractivity contribution in [2.45, 2.75) is 31.7 Å². The summed E-state index contributed by atoms with van der Waals surface area (Å²) in [5.74, 6) is 0.928. The Balaban J connectivity index is 2.06. The highest BCUT2D eigenvalue weighted by atomic mass is 16.5. The number of hydrogen-bond acceptors (Lipinski definition) is 3. The topological polar surface area (TPSA) is 30.8 Å². The average Bonchev–Trinajstić information content (AvgIpc) is 2.50. The van der Waals surface area contributed by atoms with Gasteiger partial charge in [0.15, 0.2) is 5.90 Å². The maximum Gasteiger partial charge on any atom is 0.183 e. The molecule has 2 aliphatic heterocycles. The van der Waals surface area contributed by atoms with Crippen LogP contribution in [0.1, 0.15) is 26.2 Å². The number of ether oxygens (including phenoxy) is 2. The van der Waals surface area contributed by atoms with Crippen LogP contribution in [0.3, 0.4) is 0 Å². The molecule has 0 aliphatic carbocycles. The quantitative estimate of drug-likeness (QED) is 0.593. The first-order valence-electron chi connectivity index (χ1n) is 4.64. The monoisotopic (exact) mass is 169 g/mol. The summed E-state index contributed by atoms with van der Waals surface area (Å²) in [4.78, 5) is 4.61. The first kappa shape index (κ1) is 8.05. The van der Waals surface area contributed by atoms with Gasteiger partial charge in [0, 0.05) is 19.6 Å². The minimum Gasteiger partial charge on any atom is -0.478 e. The molecule has 1 saturated heterocycles. The van der Waals surface area contributed by atoms with Crippen molar-refractivity contribution in [3.05, 3.63) is 0 Å². The average molecular weight is 169 g/mol. The van der Waals surface area contributed by atoms with Crippen LogP contribution in [0.15, 0.2) is 4.99 Å². The molecule has 12 heavy (non-hydrogen) atoms. The molecular weight excluding hydrogens is 154 g/mol. The van der Waals surface area contributed by atoms with Gasteiger partial charge in [0.25, 0.3) is 0 Å². The zero-order valence-corrected chi connectivity index (χ0v) is 7.51. The van der Waals surface area contributed by atoms with E-state index in [1.165, 1.54) is 0 Å². The van der Waals surface area contributed by atoms with Crippen molar-refractivity contribution in [1.82, 2.24) is 0 Å². The van der Waals surface area contributed by atoms with Gasteiger partial charge in [-0.15, -0.1) is 0 Å². The van der Waals surface area contributed by atoms with Crippen molar-refractivity contribution in [3.63, 3.8) is 0 Å². The lowest BCUT2D eigenvalue weighted by molar-refractivity contribution is 0.0441. The van der Waals surface area contributed by atoms with E-state index in [4.69, 9.17) is 9.47 Å². The standard InChI is InChI=1S/C9H15NO2/c1-2-8-10-9(7-12-8)3-5-11-6-4-9/h2-7H2,1H3. The second kappa shape index (κ2) is 3.05. The Morgan fingerprint density at radius 3 is 2.75 bits per heavy atom. The second-order valence-corrected chi connectivity index (χ2v) is 3.48. The van der Waals surface area contributed by atoms with Gasteiger partial charge in [-0.25, -0.2) is 4.99 Å². The third-order valence-electron chi connectivity index (χ3n) is 2.60. The zero-order chi connectivity index (χ0) is 8.44. The van der Waals surface area contributed by atoms with Gasteiger partial charge in [-0.3, -0.25) is 0 Å². The normalized spacial score (nSPS) is 26.9. The number of nitrogens with zero attached hydrogens (tertiary/aromatic N) is 1. The van der Waals surface area contributed by atoms with Crippen molar-refractivity contribution in [2.24, 2.45) is 4.99 Å². The fourth-order valence-electron chi connectivity index (χ4n) is 1.74. The molecule has 0 unspecified atom stereocenters. The highest BCUT2D eigenvalue weighted by Gasteiger charge is 2.37. The summed E-state index contributed by atoms with van der Waals surface area (Å²) in [7, 11) is 0. The van der Waals surface area contributed by atoms with E-state index in [-0.39, 0.29) is 5.54 Å². The molecular formula is C9H15NO2. The van der Waals surface area contributed by atoms with E-state index in [1.54, 1.807) is 0 Å². The summed E-state index contributed by atoms with van der Waals surface area (Å²) in [5.41, 5.74) is 0.0869. The lowest BCUT2D eigenvalue weighted by Crippen LogP contribution is -2.35. The number of aliphatic imine (C=N–C) groups is 1. The molecule has 3 heteroatoms. The maximum absolute atomic E-state index is 5.49. The zero-order valence-electron chi connectivity index (χ0n) is 7.51. The molecule has 0 aromatic carbocycles. The predicted molar refractivity (Wildman–Crippen MR) is 46.5 cm³/mol. The Morgan fingerprint density at radius 1 is 1.42 bits per heavy atom. The van der Waals surface area contributed by atoms with E-state index in [2.05, 4.69) is 11.9 Å². The van der Waals surface area contributed by atoms with Crippen LogP contribution in [0.5, 0.6) is 0 Å². The van der Waals surface area contributed by atoms with E-state index in [0.29, 0.717) is 0 Å². The van der Waals surface area contributed by atoms with E-state index in [1.807, 2.05) is 0 Å². The van der Waals surface area contributed by atoms with Gasteiger partial charge in [0.2, 0.25) is 0 Å². The van der Waals surface area contributed by atoms with Crippen molar-refractivity contribution in [1.29, 1.82) is 0 Å². The van der Waals surface area contributed by atoms with Crippen LogP contribution >= 0.6 is 0 Å². The minimum atomic E-state index is 0.0869. The molecule has 0 aromatic rings. The molecule has 0 amide bonds. The van der Waals surface area contributed by atoms with Crippen molar-refractivity contribution < 1.29 is 9.47 Å². The van der Waals surface area contributed by atoms with Gasteiger partial charge in [-0.2, -0.15) is 0 Å². The van der Waals surface area contributed by atoms with E-state index < -0.39 is 0 Å². The van der Waals surface area contributed by atoms with Gasteiger partial charge >= 0.3 is 0 Å². The summed E-state index contributed by atoms with van der Waals surface area (Å²) in [6.07, 6.45) is 2.97. The molecule has 1 spiro atoms. The highest BCUT2D eigenvalue weighted by molar-refractivity contribution is 5.77. The summed E-state index contributed by atoms with van der Waals surface area (Å²) in [5, 5.41) is 0. The third kappa shape index (κ3) is 1.33. The smallest absolute Gasteiger partial charge is 0.183 e. The Labute approximate surface area is 72.8 Å². The third-order valence-corrected chi connectivity index (χ3v) is 2.60. The van der Waals surface area contributed by atoms with Crippen molar-refractivity contribution in [2.75, 3.05) is 19.8 Å². The Bertz CT molecular complexity index is 195. The van der Waals surface area contributed by atoms with Crippen LogP contribution in [-0.2, 0) is 9.47 Å². The lowest BCUT2D eigenvalue weighted by atomic mass is 9.92. The van der Waals surface area contributed by atoms with Crippen LogP contribution < -0.4 is 0 Å². The maximum atomic E-state index is 5.49. The van der Waals surface area contributed by atoms with Crippen LogP contribution in [0.25, 0.3) is 0 Å². The van der Waals surface area contributed by atoms with Gasteiger partial charge in [0.1, 0.15) is 12.1 Å². The molecule has 0 atom stereocenters. The molecule has 2 rings (SSSR count). The molecule has 1 fully saturated rings. The lowest BCUT2D eigenvalue weighted by Gasteiger charge is -2.28. The largest absolute Gasteiger partial charge is 0.478 e. The number of hydrogen-bond donors (Lipinski definition) is 0. The van der Waals surface area contributed by atoms with E-state index >= 15 is 0 Å². The van der Waals surface area contributed by atoms with E-state index in [9.17, 15) is 0 Å². The first-order chi connectivity index (χ1) is 5.85.